The van der Waals surface area contributed by atoms with Gasteiger partial charge in [-0.3, -0.25) is 20.0 Å². The fraction of sp³-hybridized carbons (Fsp3) is 0.278. The Morgan fingerprint density at radius 1 is 1.30 bits per heavy atom. The molecule has 138 valence electrons. The van der Waals surface area contributed by atoms with Crippen LogP contribution in [0.25, 0.3) is 11.4 Å². The number of likely N-dealkylation sites (tertiary alicyclic amines) is 1. The quantitative estimate of drug-likeness (QED) is 0.539. The lowest BCUT2D eigenvalue weighted by Gasteiger charge is -2.20. The van der Waals surface area contributed by atoms with Crippen LogP contribution in [0, 0.1) is 10.1 Å². The predicted molar refractivity (Wildman–Crippen MR) is 94.4 cm³/mol. The monoisotopic (exact) mass is 367 g/mol. The van der Waals surface area contributed by atoms with Crippen molar-refractivity contribution in [2.75, 3.05) is 6.54 Å². The van der Waals surface area contributed by atoms with Crippen molar-refractivity contribution >= 4 is 5.69 Å². The molecule has 1 fully saturated rings. The number of β-amino-alcohol motifs (C(OH)–C–C–N with tert-alkyl or cyclic N) is 1. The third kappa shape index (κ3) is 3.69. The highest BCUT2D eigenvalue weighted by molar-refractivity contribution is 5.58. The second-order valence-corrected chi connectivity index (χ2v) is 6.45. The van der Waals surface area contributed by atoms with Gasteiger partial charge in [-0.1, -0.05) is 17.3 Å². The van der Waals surface area contributed by atoms with Gasteiger partial charge in [0.15, 0.2) is 0 Å². The number of rotatable bonds is 5. The minimum atomic E-state index is -0.481. The summed E-state index contributed by atoms with van der Waals surface area (Å²) in [6.07, 6.45) is 3.46. The van der Waals surface area contributed by atoms with E-state index in [2.05, 4.69) is 20.0 Å². The Balaban J connectivity index is 1.58. The molecule has 0 radical (unpaired) electrons. The third-order valence-electron chi connectivity index (χ3n) is 4.56. The molecule has 2 atom stereocenters. The number of nitro benzene ring substituents is 1. The summed E-state index contributed by atoms with van der Waals surface area (Å²) in [4.78, 5) is 21.0. The van der Waals surface area contributed by atoms with E-state index in [0.717, 1.165) is 5.56 Å². The van der Waals surface area contributed by atoms with Gasteiger partial charge in [-0.15, -0.1) is 0 Å². The predicted octanol–water partition coefficient (Wildman–Crippen LogP) is 2.35. The number of nitrogens with zero attached hydrogens (tertiary/aromatic N) is 5. The first kappa shape index (κ1) is 17.3. The molecular weight excluding hydrogens is 350 g/mol. The Morgan fingerprint density at radius 3 is 2.89 bits per heavy atom. The summed E-state index contributed by atoms with van der Waals surface area (Å²) in [5, 5.41) is 25.0. The van der Waals surface area contributed by atoms with Crippen LogP contribution in [0.15, 0.2) is 53.3 Å². The highest BCUT2D eigenvalue weighted by Crippen LogP contribution is 2.33. The van der Waals surface area contributed by atoms with Crippen molar-refractivity contribution in [1.29, 1.82) is 0 Å². The fourth-order valence-electron chi connectivity index (χ4n) is 3.28. The summed E-state index contributed by atoms with van der Waals surface area (Å²) in [6.45, 7) is 1.13. The first-order chi connectivity index (χ1) is 13.1. The van der Waals surface area contributed by atoms with Crippen molar-refractivity contribution in [3.63, 3.8) is 0 Å². The Labute approximate surface area is 154 Å². The van der Waals surface area contributed by atoms with Gasteiger partial charge >= 0.3 is 0 Å². The van der Waals surface area contributed by atoms with Crippen molar-refractivity contribution < 1.29 is 14.6 Å². The summed E-state index contributed by atoms with van der Waals surface area (Å²) >= 11 is 0. The van der Waals surface area contributed by atoms with E-state index in [0.29, 0.717) is 36.8 Å². The number of nitro groups is 1. The van der Waals surface area contributed by atoms with Crippen LogP contribution in [0.2, 0.25) is 0 Å². The molecule has 0 aliphatic carbocycles. The first-order valence-electron chi connectivity index (χ1n) is 8.49. The Bertz CT molecular complexity index is 946. The van der Waals surface area contributed by atoms with Crippen LogP contribution in [0.5, 0.6) is 0 Å². The molecule has 9 heteroatoms. The van der Waals surface area contributed by atoms with Crippen LogP contribution in [0.3, 0.4) is 0 Å². The van der Waals surface area contributed by atoms with Crippen LogP contribution < -0.4 is 0 Å². The second-order valence-electron chi connectivity index (χ2n) is 6.45. The van der Waals surface area contributed by atoms with Gasteiger partial charge in [-0.25, -0.2) is 0 Å². The maximum atomic E-state index is 11.0. The molecule has 0 saturated carbocycles. The SMILES string of the molecule is O=[N+]([O-])c1cccc(-c2noc([C@@H]3C[C@@H](O)CN3Cc3ccncc3)n2)c1. The van der Waals surface area contributed by atoms with Crippen LogP contribution in [0.1, 0.15) is 23.9 Å². The smallest absolute Gasteiger partial charge is 0.270 e. The van der Waals surface area contributed by atoms with E-state index < -0.39 is 11.0 Å². The Morgan fingerprint density at radius 2 is 2.11 bits per heavy atom. The molecule has 1 saturated heterocycles. The van der Waals surface area contributed by atoms with Crippen molar-refractivity contribution in [3.05, 3.63) is 70.4 Å². The number of hydrogen-bond donors (Lipinski definition) is 1. The molecule has 1 aliphatic rings. The van der Waals surface area contributed by atoms with Gasteiger partial charge in [0.2, 0.25) is 11.7 Å². The van der Waals surface area contributed by atoms with Gasteiger partial charge in [-0.05, 0) is 24.1 Å². The summed E-state index contributed by atoms with van der Waals surface area (Å²) in [5.74, 6) is 0.682. The lowest BCUT2D eigenvalue weighted by Crippen LogP contribution is -2.24. The molecule has 1 N–H and O–H groups in total. The van der Waals surface area contributed by atoms with Gasteiger partial charge in [0.05, 0.1) is 17.1 Å². The van der Waals surface area contributed by atoms with E-state index in [-0.39, 0.29) is 11.7 Å². The average molecular weight is 367 g/mol. The van der Waals surface area contributed by atoms with Crippen LogP contribution in [-0.4, -0.2) is 42.7 Å². The van der Waals surface area contributed by atoms with Crippen LogP contribution >= 0.6 is 0 Å². The molecule has 0 bridgehead atoms. The lowest BCUT2D eigenvalue weighted by atomic mass is 10.1. The maximum absolute atomic E-state index is 11.0. The standard InChI is InChI=1S/C18H17N5O4/c24-15-9-16(22(11-15)10-12-4-6-19-7-5-12)18-20-17(21-27-18)13-2-1-3-14(8-13)23(25)26/h1-8,15-16,24H,9-11H2/t15-,16+/m1/s1. The van der Waals surface area contributed by atoms with Gasteiger partial charge in [0.25, 0.3) is 5.69 Å². The van der Waals surface area contributed by atoms with Gasteiger partial charge < -0.3 is 9.63 Å². The molecule has 0 amide bonds. The molecule has 27 heavy (non-hydrogen) atoms. The van der Waals surface area contributed by atoms with E-state index in [1.165, 1.54) is 12.1 Å². The Kier molecular flexibility index (Phi) is 4.61. The molecule has 2 aromatic heterocycles. The van der Waals surface area contributed by atoms with Crippen molar-refractivity contribution in [2.24, 2.45) is 0 Å². The molecule has 4 rings (SSSR count). The first-order valence-corrected chi connectivity index (χ1v) is 8.49. The minimum Gasteiger partial charge on any atom is -0.392 e. The maximum Gasteiger partial charge on any atom is 0.270 e. The fourth-order valence-corrected chi connectivity index (χ4v) is 3.28. The summed E-state index contributed by atoms with van der Waals surface area (Å²) in [6, 6.07) is 9.72. The third-order valence-corrected chi connectivity index (χ3v) is 4.56. The zero-order valence-corrected chi connectivity index (χ0v) is 14.3. The van der Waals surface area contributed by atoms with Crippen LogP contribution in [0.4, 0.5) is 5.69 Å². The molecular formula is C18H17N5O4. The Hall–Kier alpha value is -3.17. The largest absolute Gasteiger partial charge is 0.392 e. The van der Waals surface area contributed by atoms with E-state index in [9.17, 15) is 15.2 Å². The summed E-state index contributed by atoms with van der Waals surface area (Å²) < 4.78 is 5.42. The number of aromatic nitrogens is 3. The molecule has 9 nitrogen and oxygen atoms in total. The molecule has 1 aromatic carbocycles. The second kappa shape index (κ2) is 7.22. The van der Waals surface area contributed by atoms with E-state index in [1.54, 1.807) is 24.5 Å². The summed E-state index contributed by atoms with van der Waals surface area (Å²) in [5.41, 5.74) is 1.55. The van der Waals surface area contributed by atoms with Crippen molar-refractivity contribution in [1.82, 2.24) is 20.0 Å². The van der Waals surface area contributed by atoms with Gasteiger partial charge in [-0.2, -0.15) is 4.98 Å². The molecule has 0 spiro atoms. The highest BCUT2D eigenvalue weighted by Gasteiger charge is 2.36. The zero-order chi connectivity index (χ0) is 18.8. The molecule has 3 heterocycles. The average Bonchev–Trinajstić information content (AvgIpc) is 3.29. The zero-order valence-electron chi connectivity index (χ0n) is 14.3. The number of pyridine rings is 1. The molecule has 0 unspecified atom stereocenters. The summed E-state index contributed by atoms with van der Waals surface area (Å²) in [7, 11) is 0. The highest BCUT2D eigenvalue weighted by atomic mass is 16.6. The van der Waals surface area contributed by atoms with Crippen LogP contribution in [-0.2, 0) is 6.54 Å². The van der Waals surface area contributed by atoms with Gasteiger partial charge in [0.1, 0.15) is 0 Å². The van der Waals surface area contributed by atoms with Crippen molar-refractivity contribution in [2.45, 2.75) is 25.1 Å². The lowest BCUT2D eigenvalue weighted by molar-refractivity contribution is -0.384. The van der Waals surface area contributed by atoms with E-state index in [1.807, 2.05) is 12.1 Å². The normalized spacial score (nSPS) is 20.0. The number of benzene rings is 1. The van der Waals surface area contributed by atoms with E-state index in [4.69, 9.17) is 4.52 Å². The number of aliphatic hydroxyl groups excluding tert-OH is 1. The number of aliphatic hydroxyl groups is 1. The number of hydrogen-bond acceptors (Lipinski definition) is 8. The number of non-ortho nitro benzene ring substituents is 1. The molecule has 1 aliphatic heterocycles. The molecule has 3 aromatic rings. The topological polar surface area (TPSA) is 118 Å². The minimum absolute atomic E-state index is 0.0329. The van der Waals surface area contributed by atoms with Gasteiger partial charge in [0, 0.05) is 43.2 Å². The van der Waals surface area contributed by atoms with E-state index >= 15 is 0 Å². The van der Waals surface area contributed by atoms with Crippen molar-refractivity contribution in [3.8, 4) is 11.4 Å².